The van der Waals surface area contributed by atoms with Crippen molar-refractivity contribution >= 4 is 22.3 Å². The first-order chi connectivity index (χ1) is 9.02. The number of carbonyl (C=O) groups excluding carboxylic acids is 2. The Bertz CT molecular complexity index is 621. The molecule has 2 heteroatoms. The minimum atomic E-state index is -0.550. The van der Waals surface area contributed by atoms with Gasteiger partial charge >= 0.3 is 0 Å². The van der Waals surface area contributed by atoms with E-state index < -0.39 is 5.92 Å². The van der Waals surface area contributed by atoms with Crippen LogP contribution >= 0.6 is 0 Å². The van der Waals surface area contributed by atoms with Crippen LogP contribution in [0.2, 0.25) is 0 Å². The van der Waals surface area contributed by atoms with Crippen LogP contribution in [0.1, 0.15) is 31.1 Å². The molecular weight excluding hydrogens is 236 g/mol. The standard InChI is InChI=1S/C17H18O2/c1-11(2)16(12(3)18)17(19)15-10-6-8-13-7-4-5-9-14(13)15/h4-11,16H,1-3H3. The number of carbonyl (C=O) groups is 2. The second kappa shape index (κ2) is 5.35. The van der Waals surface area contributed by atoms with Gasteiger partial charge in [0.15, 0.2) is 5.78 Å². The van der Waals surface area contributed by atoms with E-state index in [-0.39, 0.29) is 17.5 Å². The van der Waals surface area contributed by atoms with Crippen molar-refractivity contribution in [1.29, 1.82) is 0 Å². The molecule has 0 N–H and O–H groups in total. The molecule has 2 aromatic carbocycles. The van der Waals surface area contributed by atoms with E-state index in [0.717, 1.165) is 10.8 Å². The van der Waals surface area contributed by atoms with Crippen LogP contribution < -0.4 is 0 Å². The van der Waals surface area contributed by atoms with Crippen molar-refractivity contribution in [2.75, 3.05) is 0 Å². The molecule has 2 aromatic rings. The second-order valence-corrected chi connectivity index (χ2v) is 5.22. The molecule has 0 bridgehead atoms. The maximum atomic E-state index is 12.6. The number of rotatable bonds is 4. The predicted octanol–water partition coefficient (Wildman–Crippen LogP) is 3.88. The Morgan fingerprint density at radius 2 is 1.58 bits per heavy atom. The van der Waals surface area contributed by atoms with E-state index in [1.54, 1.807) is 0 Å². The Hall–Kier alpha value is -1.96. The normalized spacial score (nSPS) is 12.6. The van der Waals surface area contributed by atoms with Crippen LogP contribution in [0, 0.1) is 11.8 Å². The van der Waals surface area contributed by atoms with Crippen molar-refractivity contribution in [2.45, 2.75) is 20.8 Å². The van der Waals surface area contributed by atoms with E-state index in [1.165, 1.54) is 6.92 Å². The minimum absolute atomic E-state index is 0.0176. The zero-order valence-corrected chi connectivity index (χ0v) is 11.5. The van der Waals surface area contributed by atoms with Crippen LogP contribution in [-0.2, 0) is 4.79 Å². The van der Waals surface area contributed by atoms with E-state index in [4.69, 9.17) is 0 Å². The van der Waals surface area contributed by atoms with Gasteiger partial charge in [0.2, 0.25) is 0 Å². The molecule has 0 aliphatic rings. The summed E-state index contributed by atoms with van der Waals surface area (Å²) >= 11 is 0. The lowest BCUT2D eigenvalue weighted by Crippen LogP contribution is -2.27. The molecular formula is C17H18O2. The molecule has 0 heterocycles. The van der Waals surface area contributed by atoms with Crippen molar-refractivity contribution in [3.05, 3.63) is 48.0 Å². The zero-order chi connectivity index (χ0) is 14.0. The van der Waals surface area contributed by atoms with Gasteiger partial charge in [0.05, 0.1) is 5.92 Å². The van der Waals surface area contributed by atoms with Gasteiger partial charge in [0, 0.05) is 5.56 Å². The largest absolute Gasteiger partial charge is 0.299 e. The summed E-state index contributed by atoms with van der Waals surface area (Å²) in [7, 11) is 0. The lowest BCUT2D eigenvalue weighted by Gasteiger charge is -2.17. The van der Waals surface area contributed by atoms with Crippen molar-refractivity contribution in [1.82, 2.24) is 0 Å². The smallest absolute Gasteiger partial charge is 0.174 e. The highest BCUT2D eigenvalue weighted by Gasteiger charge is 2.28. The minimum Gasteiger partial charge on any atom is -0.299 e. The summed E-state index contributed by atoms with van der Waals surface area (Å²) in [6.45, 7) is 5.32. The molecule has 0 fully saturated rings. The molecule has 19 heavy (non-hydrogen) atoms. The van der Waals surface area contributed by atoms with Gasteiger partial charge in [-0.3, -0.25) is 9.59 Å². The molecule has 2 nitrogen and oxygen atoms in total. The summed E-state index contributed by atoms with van der Waals surface area (Å²) in [6.07, 6.45) is 0. The Morgan fingerprint density at radius 1 is 0.947 bits per heavy atom. The quantitative estimate of drug-likeness (QED) is 0.613. The van der Waals surface area contributed by atoms with Crippen LogP contribution in [0.4, 0.5) is 0 Å². The summed E-state index contributed by atoms with van der Waals surface area (Å²) in [5.41, 5.74) is 0.645. The number of hydrogen-bond acceptors (Lipinski definition) is 2. The molecule has 0 spiro atoms. The lowest BCUT2D eigenvalue weighted by atomic mass is 9.84. The van der Waals surface area contributed by atoms with E-state index >= 15 is 0 Å². The van der Waals surface area contributed by atoms with Crippen LogP contribution in [0.15, 0.2) is 42.5 Å². The van der Waals surface area contributed by atoms with Crippen molar-refractivity contribution < 1.29 is 9.59 Å². The Morgan fingerprint density at radius 3 is 2.21 bits per heavy atom. The topological polar surface area (TPSA) is 34.1 Å². The summed E-state index contributed by atoms with van der Waals surface area (Å²) in [6, 6.07) is 13.4. The van der Waals surface area contributed by atoms with Gasteiger partial charge in [-0.2, -0.15) is 0 Å². The van der Waals surface area contributed by atoms with E-state index in [0.29, 0.717) is 5.56 Å². The number of ketones is 2. The molecule has 2 rings (SSSR count). The zero-order valence-electron chi connectivity index (χ0n) is 11.5. The van der Waals surface area contributed by atoms with Crippen molar-refractivity contribution in [2.24, 2.45) is 11.8 Å². The summed E-state index contributed by atoms with van der Waals surface area (Å²) in [5.74, 6) is -0.665. The molecule has 0 aromatic heterocycles. The van der Waals surface area contributed by atoms with Gasteiger partial charge in [-0.15, -0.1) is 0 Å². The predicted molar refractivity (Wildman–Crippen MR) is 77.3 cm³/mol. The molecule has 0 saturated heterocycles. The molecule has 0 amide bonds. The van der Waals surface area contributed by atoms with E-state index in [1.807, 2.05) is 56.3 Å². The Kier molecular flexibility index (Phi) is 3.79. The van der Waals surface area contributed by atoms with Crippen LogP contribution in [0.5, 0.6) is 0 Å². The number of hydrogen-bond donors (Lipinski definition) is 0. The monoisotopic (exact) mass is 254 g/mol. The molecule has 0 saturated carbocycles. The fraction of sp³-hybridized carbons (Fsp3) is 0.294. The molecule has 0 aliphatic heterocycles. The average molecular weight is 254 g/mol. The fourth-order valence-corrected chi connectivity index (χ4v) is 2.56. The summed E-state index contributed by atoms with van der Waals surface area (Å²) in [5, 5.41) is 1.95. The first kappa shape index (κ1) is 13.5. The van der Waals surface area contributed by atoms with Gasteiger partial charge in [-0.1, -0.05) is 56.3 Å². The van der Waals surface area contributed by atoms with E-state index in [2.05, 4.69) is 0 Å². The number of benzene rings is 2. The van der Waals surface area contributed by atoms with Gasteiger partial charge in [0.25, 0.3) is 0 Å². The number of Topliss-reactive ketones (excluding diaryl/α,β-unsaturated/α-hetero) is 2. The first-order valence-electron chi connectivity index (χ1n) is 6.54. The van der Waals surface area contributed by atoms with Gasteiger partial charge < -0.3 is 0 Å². The van der Waals surface area contributed by atoms with Gasteiger partial charge in [0.1, 0.15) is 5.78 Å². The maximum Gasteiger partial charge on any atom is 0.174 e. The number of fused-ring (bicyclic) bond motifs is 1. The second-order valence-electron chi connectivity index (χ2n) is 5.22. The SMILES string of the molecule is CC(=O)C(C(=O)c1cccc2ccccc12)C(C)C. The maximum absolute atomic E-state index is 12.6. The van der Waals surface area contributed by atoms with Crippen molar-refractivity contribution in [3.8, 4) is 0 Å². The lowest BCUT2D eigenvalue weighted by molar-refractivity contribution is -0.120. The summed E-state index contributed by atoms with van der Waals surface area (Å²) < 4.78 is 0. The molecule has 1 unspecified atom stereocenters. The van der Waals surface area contributed by atoms with E-state index in [9.17, 15) is 9.59 Å². The van der Waals surface area contributed by atoms with Crippen LogP contribution in [0.3, 0.4) is 0 Å². The Balaban J connectivity index is 2.55. The first-order valence-corrected chi connectivity index (χ1v) is 6.54. The van der Waals surface area contributed by atoms with Gasteiger partial charge in [-0.05, 0) is 23.6 Å². The van der Waals surface area contributed by atoms with Crippen LogP contribution in [0.25, 0.3) is 10.8 Å². The molecule has 0 radical (unpaired) electrons. The van der Waals surface area contributed by atoms with Crippen LogP contribution in [-0.4, -0.2) is 11.6 Å². The van der Waals surface area contributed by atoms with Crippen molar-refractivity contribution in [3.63, 3.8) is 0 Å². The highest BCUT2D eigenvalue weighted by Crippen LogP contribution is 2.24. The highest BCUT2D eigenvalue weighted by molar-refractivity contribution is 6.16. The molecule has 98 valence electrons. The third-order valence-electron chi connectivity index (χ3n) is 3.44. The Labute approximate surface area is 113 Å². The third kappa shape index (κ3) is 2.58. The summed E-state index contributed by atoms with van der Waals surface area (Å²) in [4.78, 5) is 24.3. The fourth-order valence-electron chi connectivity index (χ4n) is 2.56. The van der Waals surface area contributed by atoms with Gasteiger partial charge in [-0.25, -0.2) is 0 Å². The molecule has 1 atom stereocenters. The average Bonchev–Trinajstić information content (AvgIpc) is 2.37. The third-order valence-corrected chi connectivity index (χ3v) is 3.44. The molecule has 0 aliphatic carbocycles. The highest BCUT2D eigenvalue weighted by atomic mass is 16.1.